The molecule has 3 nitrogen and oxygen atoms in total. The highest BCUT2D eigenvalue weighted by Crippen LogP contribution is 2.63. The Morgan fingerprint density at radius 3 is 2.62 bits per heavy atom. The van der Waals surface area contributed by atoms with E-state index in [0.29, 0.717) is 13.2 Å². The van der Waals surface area contributed by atoms with Crippen molar-refractivity contribution in [2.45, 2.75) is 44.8 Å². The average molecular weight is 264 g/mol. The summed E-state index contributed by atoms with van der Waals surface area (Å²) in [5.41, 5.74) is 0. The maximum Gasteiger partial charge on any atom is 0.389 e. The van der Waals surface area contributed by atoms with E-state index in [2.05, 4.69) is 12.2 Å². The first-order valence-electron chi connectivity index (χ1n) is 5.94. The molecule has 1 aliphatic rings. The molecule has 0 N–H and O–H groups in total. The van der Waals surface area contributed by atoms with Crippen molar-refractivity contribution in [1.29, 1.82) is 0 Å². The fraction of sp³-hybridized carbons (Fsp3) is 0.818. The second kappa shape index (κ2) is 7.54. The molecule has 1 atom stereocenters. The molecule has 1 aliphatic carbocycles. The smallest absolute Gasteiger partial charge is 0.301 e. The Morgan fingerprint density at radius 1 is 1.31 bits per heavy atom. The van der Waals surface area contributed by atoms with Crippen LogP contribution in [0.4, 0.5) is 0 Å². The Kier molecular flexibility index (Phi) is 6.74. The minimum absolute atomic E-state index is 0.270. The van der Waals surface area contributed by atoms with Gasteiger partial charge < -0.3 is 9.05 Å². The van der Waals surface area contributed by atoms with E-state index in [1.54, 1.807) is 0 Å². The Labute approximate surface area is 102 Å². The molecule has 0 aromatic carbocycles. The maximum atomic E-state index is 12.3. The van der Waals surface area contributed by atoms with Crippen LogP contribution in [-0.2, 0) is 13.6 Å². The second-order valence-electron chi connectivity index (χ2n) is 3.64. The Morgan fingerprint density at radius 2 is 2.00 bits per heavy atom. The lowest BCUT2D eigenvalue weighted by atomic mass is 10.2. The molecule has 94 valence electrons. The number of hydrogen-bond acceptors (Lipinski definition) is 4. The predicted molar refractivity (Wildman–Crippen MR) is 69.8 cm³/mol. The van der Waals surface area contributed by atoms with Crippen LogP contribution in [0.5, 0.6) is 0 Å². The lowest BCUT2D eigenvalue weighted by Crippen LogP contribution is -2.00. The van der Waals surface area contributed by atoms with Crippen LogP contribution in [0.3, 0.4) is 0 Å². The van der Waals surface area contributed by atoms with Crippen molar-refractivity contribution in [3.05, 3.63) is 12.2 Å². The van der Waals surface area contributed by atoms with Crippen LogP contribution in [0.15, 0.2) is 12.2 Å². The molecule has 0 spiro atoms. The zero-order valence-electron chi connectivity index (χ0n) is 10.1. The lowest BCUT2D eigenvalue weighted by Gasteiger charge is -2.19. The molecule has 1 rings (SSSR count). The largest absolute Gasteiger partial charge is 0.389 e. The molecule has 0 saturated heterocycles. The van der Waals surface area contributed by atoms with Crippen molar-refractivity contribution in [2.24, 2.45) is 0 Å². The van der Waals surface area contributed by atoms with Crippen molar-refractivity contribution >= 4 is 18.2 Å². The Hall–Kier alpha value is 0.240. The van der Waals surface area contributed by atoms with E-state index in [4.69, 9.17) is 9.05 Å². The third-order valence-electron chi connectivity index (χ3n) is 2.30. The van der Waals surface area contributed by atoms with Gasteiger partial charge >= 0.3 is 6.80 Å². The molecule has 0 aliphatic heterocycles. The van der Waals surface area contributed by atoms with E-state index < -0.39 is 6.80 Å². The summed E-state index contributed by atoms with van der Waals surface area (Å²) in [5.74, 6) is 0. The fourth-order valence-corrected chi connectivity index (χ4v) is 5.75. The van der Waals surface area contributed by atoms with Crippen molar-refractivity contribution < 1.29 is 13.6 Å². The maximum absolute atomic E-state index is 12.3. The topological polar surface area (TPSA) is 35.5 Å². The third kappa shape index (κ3) is 5.05. The van der Waals surface area contributed by atoms with Gasteiger partial charge in [-0.1, -0.05) is 18.6 Å². The fourth-order valence-electron chi connectivity index (χ4n) is 1.62. The van der Waals surface area contributed by atoms with E-state index in [1.165, 1.54) is 24.2 Å². The molecule has 0 fully saturated rings. The van der Waals surface area contributed by atoms with Crippen molar-refractivity contribution in [3.8, 4) is 0 Å². The first-order chi connectivity index (χ1) is 7.70. The SMILES string of the molecule is CCOP(=O)(OCC)SC1C=CCCCC1. The molecule has 0 bridgehead atoms. The second-order valence-corrected chi connectivity index (χ2v) is 7.84. The van der Waals surface area contributed by atoms with Crippen LogP contribution >= 0.6 is 18.2 Å². The lowest BCUT2D eigenvalue weighted by molar-refractivity contribution is 0.236. The van der Waals surface area contributed by atoms with E-state index in [-0.39, 0.29) is 5.25 Å². The predicted octanol–water partition coefficient (Wildman–Crippen LogP) is 4.40. The van der Waals surface area contributed by atoms with Crippen LogP contribution in [0.1, 0.15) is 39.5 Å². The standard InChI is InChI=1S/C11H21O3PS/c1-3-13-15(12,14-4-2)16-11-9-7-5-6-8-10-11/h7,9,11H,3-6,8,10H2,1-2H3. The summed E-state index contributed by atoms with van der Waals surface area (Å²) in [6, 6.07) is 0. The molecule has 0 radical (unpaired) electrons. The molecule has 5 heteroatoms. The van der Waals surface area contributed by atoms with Gasteiger partial charge in [-0.15, -0.1) is 0 Å². The molecular formula is C11H21O3PS. The third-order valence-corrected chi connectivity index (χ3v) is 6.59. The van der Waals surface area contributed by atoms with E-state index in [1.807, 2.05) is 13.8 Å². The van der Waals surface area contributed by atoms with Gasteiger partial charge in [-0.25, -0.2) is 4.57 Å². The molecule has 0 heterocycles. The van der Waals surface area contributed by atoms with Gasteiger partial charge in [-0.2, -0.15) is 0 Å². The zero-order chi connectivity index (χ0) is 11.9. The highest BCUT2D eigenvalue weighted by Gasteiger charge is 2.28. The van der Waals surface area contributed by atoms with Gasteiger partial charge in [0.15, 0.2) is 0 Å². The quantitative estimate of drug-likeness (QED) is 0.526. The van der Waals surface area contributed by atoms with Crippen LogP contribution < -0.4 is 0 Å². The molecule has 16 heavy (non-hydrogen) atoms. The van der Waals surface area contributed by atoms with Crippen molar-refractivity contribution in [3.63, 3.8) is 0 Å². The number of allylic oxidation sites excluding steroid dienone is 1. The van der Waals surface area contributed by atoms with E-state index in [0.717, 1.165) is 12.8 Å². The van der Waals surface area contributed by atoms with Gasteiger partial charge in [0.1, 0.15) is 0 Å². The summed E-state index contributed by atoms with van der Waals surface area (Å²) in [6.45, 7) is 1.61. The highest BCUT2D eigenvalue weighted by atomic mass is 32.7. The summed E-state index contributed by atoms with van der Waals surface area (Å²) >= 11 is 1.35. The summed E-state index contributed by atoms with van der Waals surface area (Å²) in [7, 11) is 0. The summed E-state index contributed by atoms with van der Waals surface area (Å²) in [6.07, 6.45) is 8.91. The summed E-state index contributed by atoms with van der Waals surface area (Å²) in [4.78, 5) is 0. The van der Waals surface area contributed by atoms with Crippen LogP contribution in [0.25, 0.3) is 0 Å². The summed E-state index contributed by atoms with van der Waals surface area (Å²) in [5, 5.41) is 0.270. The Balaban J connectivity index is 2.55. The minimum Gasteiger partial charge on any atom is -0.301 e. The van der Waals surface area contributed by atoms with Gasteiger partial charge in [0.2, 0.25) is 0 Å². The minimum atomic E-state index is -2.94. The zero-order valence-corrected chi connectivity index (χ0v) is 11.8. The van der Waals surface area contributed by atoms with Crippen LogP contribution in [0, 0.1) is 0 Å². The van der Waals surface area contributed by atoms with Crippen molar-refractivity contribution in [1.82, 2.24) is 0 Å². The van der Waals surface area contributed by atoms with Crippen molar-refractivity contribution in [2.75, 3.05) is 13.2 Å². The molecule has 1 unspecified atom stereocenters. The van der Waals surface area contributed by atoms with E-state index in [9.17, 15) is 4.57 Å². The van der Waals surface area contributed by atoms with Gasteiger partial charge in [0.25, 0.3) is 0 Å². The molecule has 0 saturated carbocycles. The van der Waals surface area contributed by atoms with Gasteiger partial charge in [-0.05, 0) is 44.5 Å². The van der Waals surface area contributed by atoms with Crippen LogP contribution in [-0.4, -0.2) is 18.5 Å². The average Bonchev–Trinajstić information content (AvgIpc) is 2.46. The first-order valence-corrected chi connectivity index (χ1v) is 8.97. The molecule has 0 aromatic rings. The first kappa shape index (κ1) is 14.3. The molecular weight excluding hydrogens is 243 g/mol. The molecule has 0 aromatic heterocycles. The summed E-state index contributed by atoms with van der Waals surface area (Å²) < 4.78 is 22.8. The Bertz CT molecular complexity index is 258. The van der Waals surface area contributed by atoms with Gasteiger partial charge in [0, 0.05) is 5.25 Å². The normalized spacial score (nSPS) is 22.0. The van der Waals surface area contributed by atoms with Gasteiger partial charge in [0.05, 0.1) is 13.2 Å². The number of rotatable bonds is 6. The highest BCUT2D eigenvalue weighted by molar-refractivity contribution is 8.55. The molecule has 0 amide bonds. The van der Waals surface area contributed by atoms with E-state index >= 15 is 0 Å². The van der Waals surface area contributed by atoms with Crippen LogP contribution in [0.2, 0.25) is 0 Å². The van der Waals surface area contributed by atoms with Gasteiger partial charge in [-0.3, -0.25) is 0 Å². The number of hydrogen-bond donors (Lipinski definition) is 0. The monoisotopic (exact) mass is 264 g/mol.